The monoisotopic (exact) mass is 363 g/mol. The van der Waals surface area contributed by atoms with E-state index in [4.69, 9.17) is 23.2 Å². The van der Waals surface area contributed by atoms with Gasteiger partial charge in [-0.05, 0) is 37.3 Å². The first-order valence-corrected chi connectivity index (χ1v) is 8.61. The van der Waals surface area contributed by atoms with E-state index < -0.39 is 0 Å². The number of hydrogen-bond donors (Lipinski definition) is 1. The number of aryl methyl sites for hydroxylation is 1. The molecule has 126 valence electrons. The van der Waals surface area contributed by atoms with Crippen molar-refractivity contribution in [2.45, 2.75) is 6.92 Å². The van der Waals surface area contributed by atoms with E-state index in [9.17, 15) is 4.79 Å². The Morgan fingerprint density at radius 3 is 2.33 bits per heavy atom. The molecular formula is C18H19Cl2N3O. The first-order valence-electron chi connectivity index (χ1n) is 7.85. The molecule has 0 unspecified atom stereocenters. The summed E-state index contributed by atoms with van der Waals surface area (Å²) in [6.07, 6.45) is 0. The topological polar surface area (TPSA) is 35.6 Å². The Morgan fingerprint density at radius 2 is 1.67 bits per heavy atom. The van der Waals surface area contributed by atoms with E-state index in [1.54, 1.807) is 12.1 Å². The number of carbonyl (C=O) groups is 1. The van der Waals surface area contributed by atoms with Crippen LogP contribution in [-0.4, -0.2) is 37.1 Å². The highest BCUT2D eigenvalue weighted by Gasteiger charge is 2.22. The summed E-state index contributed by atoms with van der Waals surface area (Å²) in [5.41, 5.74) is 2.90. The summed E-state index contributed by atoms with van der Waals surface area (Å²) in [7, 11) is 0. The molecule has 0 atom stereocenters. The second-order valence-electron chi connectivity index (χ2n) is 5.87. The summed E-state index contributed by atoms with van der Waals surface area (Å²) in [5.74, 6) is 0. The molecule has 2 aromatic rings. The van der Waals surface area contributed by atoms with E-state index >= 15 is 0 Å². The van der Waals surface area contributed by atoms with Gasteiger partial charge in [0.15, 0.2) is 0 Å². The fourth-order valence-corrected chi connectivity index (χ4v) is 3.12. The van der Waals surface area contributed by atoms with Crippen LogP contribution in [-0.2, 0) is 0 Å². The van der Waals surface area contributed by atoms with Gasteiger partial charge in [-0.25, -0.2) is 4.79 Å². The molecule has 0 aromatic heterocycles. The number of urea groups is 1. The maximum Gasteiger partial charge on any atom is 0.321 e. The number of nitrogens with one attached hydrogen (secondary N) is 1. The van der Waals surface area contributed by atoms with E-state index in [0.29, 0.717) is 23.1 Å². The van der Waals surface area contributed by atoms with Crippen LogP contribution in [0.1, 0.15) is 5.56 Å². The second kappa shape index (κ2) is 7.32. The number of amides is 2. The van der Waals surface area contributed by atoms with Crippen molar-refractivity contribution >= 4 is 40.6 Å². The van der Waals surface area contributed by atoms with E-state index in [2.05, 4.69) is 10.2 Å². The molecule has 24 heavy (non-hydrogen) atoms. The highest BCUT2D eigenvalue weighted by Crippen LogP contribution is 2.29. The molecule has 0 aliphatic carbocycles. The predicted molar refractivity (Wildman–Crippen MR) is 100 cm³/mol. The lowest BCUT2D eigenvalue weighted by Crippen LogP contribution is -2.50. The number of benzene rings is 2. The van der Waals surface area contributed by atoms with Crippen LogP contribution >= 0.6 is 23.2 Å². The first kappa shape index (κ1) is 16.9. The minimum absolute atomic E-state index is 0.0734. The van der Waals surface area contributed by atoms with Crippen molar-refractivity contribution in [3.05, 3.63) is 58.1 Å². The van der Waals surface area contributed by atoms with Crippen molar-refractivity contribution in [3.8, 4) is 0 Å². The standard InChI is InChI=1S/C18H19Cl2N3O/c1-13-2-5-15(6-3-13)21-18(24)23-10-8-22(9-11-23)17-12-14(19)4-7-16(17)20/h2-7,12H,8-11H2,1H3,(H,21,24). The number of carbonyl (C=O) groups excluding carboxylic acids is 1. The highest BCUT2D eigenvalue weighted by atomic mass is 35.5. The quantitative estimate of drug-likeness (QED) is 0.842. The van der Waals surface area contributed by atoms with E-state index in [1.165, 1.54) is 5.56 Å². The van der Waals surface area contributed by atoms with Gasteiger partial charge in [-0.15, -0.1) is 0 Å². The van der Waals surface area contributed by atoms with Crippen LogP contribution < -0.4 is 10.2 Å². The Morgan fingerprint density at radius 1 is 1.00 bits per heavy atom. The van der Waals surface area contributed by atoms with Gasteiger partial charge in [0.1, 0.15) is 0 Å². The van der Waals surface area contributed by atoms with Crippen LogP contribution in [0.2, 0.25) is 10.0 Å². The summed E-state index contributed by atoms with van der Waals surface area (Å²) < 4.78 is 0. The van der Waals surface area contributed by atoms with Gasteiger partial charge in [0.25, 0.3) is 0 Å². The number of hydrogen-bond acceptors (Lipinski definition) is 2. The largest absolute Gasteiger partial charge is 0.367 e. The second-order valence-corrected chi connectivity index (χ2v) is 6.71. The van der Waals surface area contributed by atoms with Crippen LogP contribution in [0.3, 0.4) is 0 Å². The Labute approximate surface area is 152 Å². The van der Waals surface area contributed by atoms with Crippen molar-refractivity contribution in [3.63, 3.8) is 0 Å². The molecule has 1 heterocycles. The number of rotatable bonds is 2. The fraction of sp³-hybridized carbons (Fsp3) is 0.278. The summed E-state index contributed by atoms with van der Waals surface area (Å²) in [6, 6.07) is 13.2. The molecule has 3 rings (SSSR count). The molecule has 0 bridgehead atoms. The maximum atomic E-state index is 12.4. The lowest BCUT2D eigenvalue weighted by Gasteiger charge is -2.36. The zero-order valence-corrected chi connectivity index (χ0v) is 14.9. The lowest BCUT2D eigenvalue weighted by atomic mass is 10.2. The van der Waals surface area contributed by atoms with Crippen molar-refractivity contribution in [2.75, 3.05) is 36.4 Å². The van der Waals surface area contributed by atoms with Gasteiger partial charge in [0, 0.05) is 36.9 Å². The molecule has 2 aromatic carbocycles. The molecule has 0 spiro atoms. The highest BCUT2D eigenvalue weighted by molar-refractivity contribution is 6.35. The predicted octanol–water partition coefficient (Wildman–Crippen LogP) is 4.66. The zero-order chi connectivity index (χ0) is 17.1. The minimum atomic E-state index is -0.0734. The first-order chi connectivity index (χ1) is 11.5. The normalized spacial score (nSPS) is 14.6. The van der Waals surface area contributed by atoms with Gasteiger partial charge in [0.2, 0.25) is 0 Å². The number of nitrogens with zero attached hydrogens (tertiary/aromatic N) is 2. The van der Waals surface area contributed by atoms with Gasteiger partial charge in [-0.1, -0.05) is 40.9 Å². The van der Waals surface area contributed by atoms with Crippen LogP contribution in [0.25, 0.3) is 0 Å². The van der Waals surface area contributed by atoms with E-state index in [0.717, 1.165) is 24.5 Å². The van der Waals surface area contributed by atoms with E-state index in [1.807, 2.05) is 42.2 Å². The smallest absolute Gasteiger partial charge is 0.321 e. The Kier molecular flexibility index (Phi) is 5.17. The Balaban J connectivity index is 1.59. The minimum Gasteiger partial charge on any atom is -0.367 e. The number of halogens is 2. The molecular weight excluding hydrogens is 345 g/mol. The summed E-state index contributed by atoms with van der Waals surface area (Å²) in [6.45, 7) is 4.75. The van der Waals surface area contributed by atoms with Crippen LogP contribution in [0.4, 0.5) is 16.2 Å². The third kappa shape index (κ3) is 3.94. The van der Waals surface area contributed by atoms with Gasteiger partial charge >= 0.3 is 6.03 Å². The number of piperazine rings is 1. The van der Waals surface area contributed by atoms with Crippen LogP contribution in [0, 0.1) is 6.92 Å². The van der Waals surface area contributed by atoms with Crippen molar-refractivity contribution < 1.29 is 4.79 Å². The third-order valence-electron chi connectivity index (χ3n) is 4.12. The molecule has 1 fully saturated rings. The lowest BCUT2D eigenvalue weighted by molar-refractivity contribution is 0.208. The maximum absolute atomic E-state index is 12.4. The summed E-state index contributed by atoms with van der Waals surface area (Å²) in [5, 5.41) is 4.27. The number of anilines is 2. The Bertz CT molecular complexity index is 726. The fourth-order valence-electron chi connectivity index (χ4n) is 2.72. The van der Waals surface area contributed by atoms with Gasteiger partial charge in [-0.3, -0.25) is 0 Å². The SMILES string of the molecule is Cc1ccc(NC(=O)N2CCN(c3cc(Cl)ccc3Cl)CC2)cc1. The molecule has 2 amide bonds. The molecule has 1 saturated heterocycles. The average molecular weight is 364 g/mol. The molecule has 4 nitrogen and oxygen atoms in total. The van der Waals surface area contributed by atoms with Gasteiger partial charge < -0.3 is 15.1 Å². The van der Waals surface area contributed by atoms with E-state index in [-0.39, 0.29) is 6.03 Å². The van der Waals surface area contributed by atoms with Crippen LogP contribution in [0.15, 0.2) is 42.5 Å². The molecule has 1 aliphatic heterocycles. The molecule has 6 heteroatoms. The third-order valence-corrected chi connectivity index (χ3v) is 4.67. The van der Waals surface area contributed by atoms with Crippen LogP contribution in [0.5, 0.6) is 0 Å². The Hall–Kier alpha value is -1.91. The summed E-state index contributed by atoms with van der Waals surface area (Å²) in [4.78, 5) is 16.3. The zero-order valence-electron chi connectivity index (χ0n) is 13.4. The molecule has 1 N–H and O–H groups in total. The van der Waals surface area contributed by atoms with Gasteiger partial charge in [-0.2, -0.15) is 0 Å². The van der Waals surface area contributed by atoms with Crippen molar-refractivity contribution in [1.29, 1.82) is 0 Å². The van der Waals surface area contributed by atoms with Gasteiger partial charge in [0.05, 0.1) is 10.7 Å². The van der Waals surface area contributed by atoms with Crippen molar-refractivity contribution in [2.24, 2.45) is 0 Å². The molecule has 0 radical (unpaired) electrons. The molecule has 0 saturated carbocycles. The molecule has 1 aliphatic rings. The van der Waals surface area contributed by atoms with Crippen molar-refractivity contribution in [1.82, 2.24) is 4.90 Å². The average Bonchev–Trinajstić information content (AvgIpc) is 2.59. The summed E-state index contributed by atoms with van der Waals surface area (Å²) >= 11 is 12.3.